The lowest BCUT2D eigenvalue weighted by Gasteiger charge is -2.40. The van der Waals surface area contributed by atoms with E-state index in [1.54, 1.807) is 7.11 Å². The Hall–Kier alpha value is -2.82. The van der Waals surface area contributed by atoms with Crippen LogP contribution in [0.1, 0.15) is 48.9 Å². The van der Waals surface area contributed by atoms with Crippen LogP contribution in [0.2, 0.25) is 5.02 Å². The second kappa shape index (κ2) is 11.1. The number of hydrogen-bond donors (Lipinski definition) is 0. The molecule has 0 radical (unpaired) electrons. The van der Waals surface area contributed by atoms with Crippen molar-refractivity contribution in [3.63, 3.8) is 0 Å². The SMILES string of the molecule is COCCC(=O)N1CCN(c2nc(C3CC3)c(OCCc3ccc(Cl)cc3)cc2C#N)C[C@H]1C. The third-order valence-corrected chi connectivity index (χ3v) is 6.66. The van der Waals surface area contributed by atoms with Crippen molar-refractivity contribution in [1.82, 2.24) is 9.88 Å². The first-order valence-electron chi connectivity index (χ1n) is 11.9. The maximum absolute atomic E-state index is 12.5. The van der Waals surface area contributed by atoms with E-state index in [9.17, 15) is 10.1 Å². The molecule has 4 rings (SSSR count). The minimum Gasteiger partial charge on any atom is -0.491 e. The third-order valence-electron chi connectivity index (χ3n) is 6.41. The first-order chi connectivity index (χ1) is 16.5. The van der Waals surface area contributed by atoms with E-state index >= 15 is 0 Å². The summed E-state index contributed by atoms with van der Waals surface area (Å²) in [4.78, 5) is 21.5. The van der Waals surface area contributed by atoms with Gasteiger partial charge in [0, 0.05) is 56.2 Å². The molecule has 1 saturated carbocycles. The van der Waals surface area contributed by atoms with E-state index in [-0.39, 0.29) is 11.9 Å². The summed E-state index contributed by atoms with van der Waals surface area (Å²) >= 11 is 5.97. The summed E-state index contributed by atoms with van der Waals surface area (Å²) in [7, 11) is 1.60. The number of amides is 1. The third kappa shape index (κ3) is 5.81. The van der Waals surface area contributed by atoms with Gasteiger partial charge in [0.1, 0.15) is 17.6 Å². The molecule has 8 heteroatoms. The van der Waals surface area contributed by atoms with Crippen LogP contribution in [0, 0.1) is 11.3 Å². The first-order valence-corrected chi connectivity index (χ1v) is 12.2. The highest BCUT2D eigenvalue weighted by atomic mass is 35.5. The molecular formula is C26H31ClN4O3. The van der Waals surface area contributed by atoms with Gasteiger partial charge in [0.15, 0.2) is 0 Å². The Labute approximate surface area is 206 Å². The normalized spacial score (nSPS) is 18.0. The van der Waals surface area contributed by atoms with Crippen LogP contribution in [0.3, 0.4) is 0 Å². The largest absolute Gasteiger partial charge is 0.491 e. The molecular weight excluding hydrogens is 452 g/mol. The quantitative estimate of drug-likeness (QED) is 0.533. The molecule has 0 unspecified atom stereocenters. The van der Waals surface area contributed by atoms with Gasteiger partial charge in [-0.3, -0.25) is 4.79 Å². The second-order valence-electron chi connectivity index (χ2n) is 8.98. The van der Waals surface area contributed by atoms with Gasteiger partial charge in [-0.1, -0.05) is 23.7 Å². The van der Waals surface area contributed by atoms with Gasteiger partial charge in [0.25, 0.3) is 0 Å². The smallest absolute Gasteiger partial charge is 0.225 e. The summed E-state index contributed by atoms with van der Waals surface area (Å²) in [5.41, 5.74) is 2.60. The number of carbonyl (C=O) groups excluding carboxylic acids is 1. The fourth-order valence-corrected chi connectivity index (χ4v) is 4.50. The molecule has 0 N–H and O–H groups in total. The highest BCUT2D eigenvalue weighted by Gasteiger charge is 2.33. The van der Waals surface area contributed by atoms with Gasteiger partial charge in [-0.2, -0.15) is 5.26 Å². The number of ether oxygens (including phenoxy) is 2. The minimum absolute atomic E-state index is 0.0335. The maximum Gasteiger partial charge on any atom is 0.225 e. The average Bonchev–Trinajstić information content (AvgIpc) is 3.68. The van der Waals surface area contributed by atoms with Crippen molar-refractivity contribution >= 4 is 23.3 Å². The van der Waals surface area contributed by atoms with Crippen molar-refractivity contribution in [2.45, 2.75) is 44.6 Å². The molecule has 1 aliphatic carbocycles. The zero-order valence-corrected chi connectivity index (χ0v) is 20.6. The van der Waals surface area contributed by atoms with E-state index in [2.05, 4.69) is 11.0 Å². The molecule has 2 aliphatic rings. The topological polar surface area (TPSA) is 78.7 Å². The predicted octanol–water partition coefficient (Wildman–Crippen LogP) is 4.18. The molecule has 2 fully saturated rings. The van der Waals surface area contributed by atoms with Crippen molar-refractivity contribution in [1.29, 1.82) is 5.26 Å². The Balaban J connectivity index is 1.47. The Morgan fingerprint density at radius 1 is 1.24 bits per heavy atom. The zero-order chi connectivity index (χ0) is 24.1. The van der Waals surface area contributed by atoms with Gasteiger partial charge < -0.3 is 19.3 Å². The zero-order valence-electron chi connectivity index (χ0n) is 19.8. The Bertz CT molecular complexity index is 1050. The average molecular weight is 483 g/mol. The molecule has 34 heavy (non-hydrogen) atoms. The molecule has 1 atom stereocenters. The highest BCUT2D eigenvalue weighted by Crippen LogP contribution is 2.44. The number of halogens is 1. The number of methoxy groups -OCH3 is 1. The number of carbonyl (C=O) groups is 1. The number of pyridine rings is 1. The summed E-state index contributed by atoms with van der Waals surface area (Å²) in [5, 5.41) is 10.6. The lowest BCUT2D eigenvalue weighted by atomic mass is 10.1. The van der Waals surface area contributed by atoms with Gasteiger partial charge in [-0.05, 0) is 37.5 Å². The fraction of sp³-hybridized carbons (Fsp3) is 0.500. The van der Waals surface area contributed by atoms with Crippen molar-refractivity contribution in [2.24, 2.45) is 0 Å². The summed E-state index contributed by atoms with van der Waals surface area (Å²) in [5.74, 6) is 1.89. The van der Waals surface area contributed by atoms with E-state index in [0.29, 0.717) is 67.3 Å². The molecule has 1 aliphatic heterocycles. The molecule has 7 nitrogen and oxygen atoms in total. The van der Waals surface area contributed by atoms with Gasteiger partial charge in [0.05, 0.1) is 30.9 Å². The van der Waals surface area contributed by atoms with Crippen LogP contribution in [0.4, 0.5) is 5.82 Å². The number of piperazine rings is 1. The molecule has 0 bridgehead atoms. The van der Waals surface area contributed by atoms with Crippen LogP contribution in [0.5, 0.6) is 5.75 Å². The standard InChI is InChI=1S/C26H31ClN4O3/c1-18-17-30(11-12-31(18)24(32)10-13-33-2)26-21(16-28)15-23(25(29-26)20-5-6-20)34-14-9-19-3-7-22(27)8-4-19/h3-4,7-8,15,18,20H,5-6,9-14,17H2,1-2H3/t18-/m1/s1. The van der Waals surface area contributed by atoms with E-state index in [1.807, 2.05) is 42.2 Å². The molecule has 1 amide bonds. The number of nitriles is 1. The minimum atomic E-state index is 0.0335. The van der Waals surface area contributed by atoms with E-state index in [4.69, 9.17) is 26.1 Å². The second-order valence-corrected chi connectivity index (χ2v) is 9.42. The number of nitrogens with zero attached hydrogens (tertiary/aromatic N) is 4. The van der Waals surface area contributed by atoms with Crippen LogP contribution in [-0.4, -0.2) is 61.8 Å². The Morgan fingerprint density at radius 3 is 2.65 bits per heavy atom. The number of hydrogen-bond acceptors (Lipinski definition) is 6. The molecule has 1 aromatic carbocycles. The van der Waals surface area contributed by atoms with Gasteiger partial charge in [-0.25, -0.2) is 4.98 Å². The monoisotopic (exact) mass is 482 g/mol. The van der Waals surface area contributed by atoms with Gasteiger partial charge in [-0.15, -0.1) is 0 Å². The van der Waals surface area contributed by atoms with Crippen LogP contribution < -0.4 is 9.64 Å². The molecule has 2 heterocycles. The summed E-state index contributed by atoms with van der Waals surface area (Å²) in [6.45, 7) is 4.86. The summed E-state index contributed by atoms with van der Waals surface area (Å²) < 4.78 is 11.2. The number of anilines is 1. The van der Waals surface area contributed by atoms with Crippen molar-refractivity contribution in [3.05, 3.63) is 52.2 Å². The van der Waals surface area contributed by atoms with E-state index in [1.165, 1.54) is 0 Å². The highest BCUT2D eigenvalue weighted by molar-refractivity contribution is 6.30. The van der Waals surface area contributed by atoms with Gasteiger partial charge in [0.2, 0.25) is 5.91 Å². The van der Waals surface area contributed by atoms with Gasteiger partial charge >= 0.3 is 0 Å². The Morgan fingerprint density at radius 2 is 2.00 bits per heavy atom. The maximum atomic E-state index is 12.5. The van der Waals surface area contributed by atoms with Crippen LogP contribution in [0.15, 0.2) is 30.3 Å². The van der Waals surface area contributed by atoms with Crippen LogP contribution in [-0.2, 0) is 16.0 Å². The van der Waals surface area contributed by atoms with E-state index in [0.717, 1.165) is 30.5 Å². The summed E-state index contributed by atoms with van der Waals surface area (Å²) in [6, 6.07) is 11.9. The molecule has 2 aromatic rings. The fourth-order valence-electron chi connectivity index (χ4n) is 4.37. The predicted molar refractivity (Wildman–Crippen MR) is 131 cm³/mol. The Kier molecular flexibility index (Phi) is 7.91. The molecule has 180 valence electrons. The number of benzene rings is 1. The lowest BCUT2D eigenvalue weighted by molar-refractivity contribution is -0.134. The van der Waals surface area contributed by atoms with Crippen molar-refractivity contribution in [3.8, 4) is 11.8 Å². The van der Waals surface area contributed by atoms with Crippen LogP contribution in [0.25, 0.3) is 0 Å². The molecule has 1 saturated heterocycles. The number of aromatic nitrogens is 1. The van der Waals surface area contributed by atoms with Crippen molar-refractivity contribution in [2.75, 3.05) is 44.9 Å². The van der Waals surface area contributed by atoms with E-state index < -0.39 is 0 Å². The molecule has 1 aromatic heterocycles. The number of rotatable bonds is 9. The molecule has 0 spiro atoms. The first kappa shape index (κ1) is 24.3. The van der Waals surface area contributed by atoms with Crippen LogP contribution >= 0.6 is 11.6 Å². The lowest BCUT2D eigenvalue weighted by Crippen LogP contribution is -2.54. The summed E-state index contributed by atoms with van der Waals surface area (Å²) in [6.07, 6.45) is 3.31. The van der Waals surface area contributed by atoms with Crippen molar-refractivity contribution < 1.29 is 14.3 Å².